The van der Waals surface area contributed by atoms with E-state index in [1.165, 1.54) is 25.3 Å². The molecule has 0 atom stereocenters. The highest BCUT2D eigenvalue weighted by molar-refractivity contribution is 5.80. The highest BCUT2D eigenvalue weighted by Gasteiger charge is 2.41. The fourth-order valence-electron chi connectivity index (χ4n) is 3.22. The molecule has 1 aromatic rings. The molecule has 0 radical (unpaired) electrons. The number of methoxy groups -OCH3 is 1. The summed E-state index contributed by atoms with van der Waals surface area (Å²) in [6, 6.07) is 4.28. The van der Waals surface area contributed by atoms with E-state index in [1.807, 2.05) is 0 Å². The van der Waals surface area contributed by atoms with E-state index in [0.29, 0.717) is 25.3 Å². The minimum Gasteiger partial charge on any atom is -0.494 e. The van der Waals surface area contributed by atoms with E-state index in [-0.39, 0.29) is 37.5 Å². The van der Waals surface area contributed by atoms with Crippen molar-refractivity contribution in [2.45, 2.75) is 47.1 Å². The maximum absolute atomic E-state index is 12.8. The summed E-state index contributed by atoms with van der Waals surface area (Å²) in [6.45, 7) is 7.61. The Morgan fingerprint density at radius 1 is 1.03 bits per heavy atom. The van der Waals surface area contributed by atoms with Crippen molar-refractivity contribution in [3.8, 4) is 5.75 Å². The summed E-state index contributed by atoms with van der Waals surface area (Å²) < 4.78 is 21.0. The molecular formula is C22H34N2O8. The second-order valence-corrected chi connectivity index (χ2v) is 8.69. The van der Waals surface area contributed by atoms with Crippen LogP contribution in [-0.2, 0) is 30.4 Å². The van der Waals surface area contributed by atoms with Gasteiger partial charge in [-0.2, -0.15) is 0 Å². The third-order valence-electron chi connectivity index (χ3n) is 4.73. The lowest BCUT2D eigenvalue weighted by atomic mass is 9.75. The van der Waals surface area contributed by atoms with E-state index in [2.05, 4.69) is 0 Å². The number of hydrogen-bond acceptors (Lipinski definition) is 9. The second-order valence-electron chi connectivity index (χ2n) is 8.69. The molecule has 0 saturated carbocycles. The summed E-state index contributed by atoms with van der Waals surface area (Å²) in [5, 5.41) is 11.4. The highest BCUT2D eigenvalue weighted by Crippen LogP contribution is 2.36. The van der Waals surface area contributed by atoms with E-state index in [9.17, 15) is 19.7 Å². The minimum absolute atomic E-state index is 0.122. The van der Waals surface area contributed by atoms with Gasteiger partial charge in [0.15, 0.2) is 0 Å². The van der Waals surface area contributed by atoms with Crippen LogP contribution in [0.25, 0.3) is 0 Å². The molecule has 0 aromatic heterocycles. The summed E-state index contributed by atoms with van der Waals surface area (Å²) >= 11 is 0. The SMILES string of the molecule is COCCOC(=O)C(C)(C)CC(C)(C)C(=O)OCc1cc(OCCCN)ccc1[N+](=O)[O-]. The van der Waals surface area contributed by atoms with Crippen LogP contribution >= 0.6 is 0 Å². The molecule has 0 aliphatic carbocycles. The number of nitro benzene ring substituents is 1. The first-order valence-corrected chi connectivity index (χ1v) is 10.4. The van der Waals surface area contributed by atoms with Crippen molar-refractivity contribution < 1.29 is 33.5 Å². The van der Waals surface area contributed by atoms with E-state index >= 15 is 0 Å². The number of rotatable bonds is 14. The maximum atomic E-state index is 12.8. The van der Waals surface area contributed by atoms with Gasteiger partial charge in [-0.15, -0.1) is 0 Å². The Hall–Kier alpha value is -2.72. The zero-order valence-corrected chi connectivity index (χ0v) is 19.5. The third kappa shape index (κ3) is 8.43. The number of esters is 2. The van der Waals surface area contributed by atoms with Gasteiger partial charge in [-0.1, -0.05) is 0 Å². The average Bonchev–Trinajstić information content (AvgIpc) is 2.71. The molecule has 0 saturated heterocycles. The molecule has 180 valence electrons. The monoisotopic (exact) mass is 454 g/mol. The van der Waals surface area contributed by atoms with Gasteiger partial charge in [0, 0.05) is 13.2 Å². The Balaban J connectivity index is 2.84. The van der Waals surface area contributed by atoms with Crippen LogP contribution in [0, 0.1) is 20.9 Å². The number of nitrogens with two attached hydrogens (primary N) is 1. The molecule has 2 N–H and O–H groups in total. The zero-order chi connectivity index (χ0) is 24.4. The molecular weight excluding hydrogens is 420 g/mol. The molecule has 0 aliphatic rings. The van der Waals surface area contributed by atoms with Gasteiger partial charge in [0.1, 0.15) is 19.0 Å². The summed E-state index contributed by atoms with van der Waals surface area (Å²) in [6.07, 6.45) is 0.800. The normalized spacial score (nSPS) is 11.7. The topological polar surface area (TPSA) is 140 Å². The minimum atomic E-state index is -1.03. The summed E-state index contributed by atoms with van der Waals surface area (Å²) in [5.74, 6) is -0.610. The third-order valence-corrected chi connectivity index (χ3v) is 4.73. The fraction of sp³-hybridized carbons (Fsp3) is 0.636. The van der Waals surface area contributed by atoms with Crippen LogP contribution in [-0.4, -0.2) is 50.3 Å². The largest absolute Gasteiger partial charge is 0.494 e. The first-order valence-electron chi connectivity index (χ1n) is 10.4. The van der Waals surface area contributed by atoms with Crippen molar-refractivity contribution in [2.75, 3.05) is 33.5 Å². The number of benzene rings is 1. The predicted octanol–water partition coefficient (Wildman–Crippen LogP) is 3.00. The summed E-state index contributed by atoms with van der Waals surface area (Å²) in [4.78, 5) is 35.9. The maximum Gasteiger partial charge on any atom is 0.311 e. The molecule has 0 heterocycles. The molecule has 0 unspecified atom stereocenters. The van der Waals surface area contributed by atoms with Crippen LogP contribution in [0.1, 0.15) is 46.1 Å². The van der Waals surface area contributed by atoms with Crippen molar-refractivity contribution in [1.29, 1.82) is 0 Å². The molecule has 32 heavy (non-hydrogen) atoms. The standard InChI is InChI=1S/C22H34N2O8/c1-21(2,19(25)31-12-11-29-5)15-22(3,4)20(26)32-14-16-13-17(30-10-6-9-23)7-8-18(16)24(27)28/h7-8,13H,6,9-12,14-15,23H2,1-5H3. The van der Waals surface area contributed by atoms with E-state index in [0.717, 1.165) is 0 Å². The van der Waals surface area contributed by atoms with Gasteiger partial charge in [-0.05, 0) is 59.2 Å². The summed E-state index contributed by atoms with van der Waals surface area (Å²) in [7, 11) is 1.50. The number of nitrogens with zero attached hydrogens (tertiary/aromatic N) is 1. The lowest BCUT2D eigenvalue weighted by Gasteiger charge is -2.31. The van der Waals surface area contributed by atoms with Gasteiger partial charge >= 0.3 is 11.9 Å². The van der Waals surface area contributed by atoms with Crippen LogP contribution in [0.2, 0.25) is 0 Å². The van der Waals surface area contributed by atoms with Gasteiger partial charge in [0.25, 0.3) is 5.69 Å². The molecule has 1 rings (SSSR count). The zero-order valence-electron chi connectivity index (χ0n) is 19.5. The van der Waals surface area contributed by atoms with Crippen LogP contribution in [0.3, 0.4) is 0 Å². The number of hydrogen-bond donors (Lipinski definition) is 1. The van der Waals surface area contributed by atoms with Gasteiger partial charge < -0.3 is 24.7 Å². The quantitative estimate of drug-likeness (QED) is 0.194. The van der Waals surface area contributed by atoms with Crippen LogP contribution in [0.4, 0.5) is 5.69 Å². The lowest BCUT2D eigenvalue weighted by Crippen LogP contribution is -2.37. The van der Waals surface area contributed by atoms with Crippen LogP contribution < -0.4 is 10.5 Å². The van der Waals surface area contributed by atoms with E-state index < -0.39 is 27.7 Å². The van der Waals surface area contributed by atoms with Crippen molar-refractivity contribution in [1.82, 2.24) is 0 Å². The summed E-state index contributed by atoms with van der Waals surface area (Å²) in [5.41, 5.74) is 3.49. The first kappa shape index (κ1) is 27.3. The first-order chi connectivity index (χ1) is 14.9. The Morgan fingerprint density at radius 3 is 2.22 bits per heavy atom. The molecule has 0 spiro atoms. The molecule has 0 amide bonds. The Bertz CT molecular complexity index is 792. The second kappa shape index (κ2) is 12.4. The molecule has 1 aromatic carbocycles. The molecule has 0 aliphatic heterocycles. The van der Waals surface area contributed by atoms with Crippen molar-refractivity contribution in [3.63, 3.8) is 0 Å². The van der Waals surface area contributed by atoms with Gasteiger partial charge in [0.05, 0.1) is 34.5 Å². The van der Waals surface area contributed by atoms with Crippen LogP contribution in [0.15, 0.2) is 18.2 Å². The van der Waals surface area contributed by atoms with E-state index in [1.54, 1.807) is 27.7 Å². The van der Waals surface area contributed by atoms with Crippen LogP contribution in [0.5, 0.6) is 5.75 Å². The van der Waals surface area contributed by atoms with E-state index in [4.69, 9.17) is 24.7 Å². The van der Waals surface area contributed by atoms with Crippen molar-refractivity contribution in [2.24, 2.45) is 16.6 Å². The average molecular weight is 455 g/mol. The molecule has 10 nitrogen and oxygen atoms in total. The number of carbonyl (C=O) groups excluding carboxylic acids is 2. The Morgan fingerprint density at radius 2 is 1.66 bits per heavy atom. The molecule has 0 fully saturated rings. The predicted molar refractivity (Wildman–Crippen MR) is 117 cm³/mol. The molecule has 0 bridgehead atoms. The number of carbonyl (C=O) groups is 2. The highest BCUT2D eigenvalue weighted by atomic mass is 16.6. The lowest BCUT2D eigenvalue weighted by molar-refractivity contribution is -0.385. The van der Waals surface area contributed by atoms with Gasteiger partial charge in [0.2, 0.25) is 0 Å². The number of ether oxygens (including phenoxy) is 4. The molecule has 10 heteroatoms. The Kier molecular flexibility index (Phi) is 10.5. The fourth-order valence-corrected chi connectivity index (χ4v) is 3.22. The van der Waals surface area contributed by atoms with Crippen molar-refractivity contribution in [3.05, 3.63) is 33.9 Å². The Labute approximate surface area is 188 Å². The smallest absolute Gasteiger partial charge is 0.311 e. The number of nitro groups is 1. The van der Waals surface area contributed by atoms with Gasteiger partial charge in [-0.3, -0.25) is 19.7 Å². The van der Waals surface area contributed by atoms with Crippen molar-refractivity contribution >= 4 is 17.6 Å². The van der Waals surface area contributed by atoms with Gasteiger partial charge in [-0.25, -0.2) is 0 Å².